The number of benzene rings is 2. The molecule has 3 aromatic rings. The Hall–Kier alpha value is -3.48. The quantitative estimate of drug-likeness (QED) is 0.454. The summed E-state index contributed by atoms with van der Waals surface area (Å²) in [6.07, 6.45) is 1.17. The van der Waals surface area contributed by atoms with Crippen LogP contribution in [0, 0.1) is 10.1 Å². The third kappa shape index (κ3) is 3.94. The van der Waals surface area contributed by atoms with Crippen molar-refractivity contribution in [3.63, 3.8) is 0 Å². The highest BCUT2D eigenvalue weighted by atomic mass is 16.6. The van der Waals surface area contributed by atoms with Gasteiger partial charge in [-0.05, 0) is 35.7 Å². The molecule has 132 valence electrons. The fraction of sp³-hybridized carbons (Fsp3) is 0.158. The average Bonchev–Trinajstić information content (AvgIpc) is 2.63. The van der Waals surface area contributed by atoms with Crippen molar-refractivity contribution in [2.75, 3.05) is 0 Å². The summed E-state index contributed by atoms with van der Waals surface area (Å²) in [5.74, 6) is 0.907. The van der Waals surface area contributed by atoms with E-state index >= 15 is 0 Å². The minimum atomic E-state index is -0.615. The number of nitro groups is 1. The van der Waals surface area contributed by atoms with Crippen LogP contribution in [0.3, 0.4) is 0 Å². The molecule has 0 saturated heterocycles. The lowest BCUT2D eigenvalue weighted by atomic mass is 10.0. The van der Waals surface area contributed by atoms with E-state index in [-0.39, 0.29) is 11.8 Å². The third-order valence-corrected chi connectivity index (χ3v) is 3.66. The van der Waals surface area contributed by atoms with Crippen LogP contribution >= 0.6 is 0 Å². The first kappa shape index (κ1) is 17.3. The highest BCUT2D eigenvalue weighted by molar-refractivity contribution is 5.52. The minimum absolute atomic E-state index is 0.173. The van der Waals surface area contributed by atoms with Crippen molar-refractivity contribution in [2.24, 2.45) is 0 Å². The Morgan fingerprint density at radius 2 is 1.42 bits per heavy atom. The molecule has 7 heteroatoms. The fourth-order valence-corrected chi connectivity index (χ4v) is 2.29. The zero-order valence-corrected chi connectivity index (χ0v) is 14.3. The summed E-state index contributed by atoms with van der Waals surface area (Å²) in [5, 5.41) is 11.5. The summed E-state index contributed by atoms with van der Waals surface area (Å²) < 4.78 is 11.1. The summed E-state index contributed by atoms with van der Waals surface area (Å²) in [6, 6.07) is 16.0. The highest BCUT2D eigenvalue weighted by Gasteiger charge is 2.27. The van der Waals surface area contributed by atoms with Gasteiger partial charge in [-0.25, -0.2) is 0 Å². The van der Waals surface area contributed by atoms with E-state index in [1.165, 1.54) is 6.33 Å². The van der Waals surface area contributed by atoms with E-state index in [1.807, 2.05) is 18.2 Å². The molecule has 2 aromatic carbocycles. The number of rotatable bonds is 6. The lowest BCUT2D eigenvalue weighted by molar-refractivity contribution is -0.387. The predicted molar refractivity (Wildman–Crippen MR) is 95.8 cm³/mol. The first-order chi connectivity index (χ1) is 12.5. The fourth-order valence-electron chi connectivity index (χ4n) is 2.29. The number of aromatic nitrogens is 2. The summed E-state index contributed by atoms with van der Waals surface area (Å²) in [5.41, 5.74) is 0.715. The van der Waals surface area contributed by atoms with E-state index in [4.69, 9.17) is 9.47 Å². The minimum Gasteiger partial charge on any atom is -0.433 e. The van der Waals surface area contributed by atoms with E-state index in [0.29, 0.717) is 17.4 Å². The van der Waals surface area contributed by atoms with Crippen molar-refractivity contribution in [1.82, 2.24) is 9.97 Å². The van der Waals surface area contributed by atoms with Crippen LogP contribution in [0.25, 0.3) is 0 Å². The Kier molecular flexibility index (Phi) is 5.07. The molecule has 26 heavy (non-hydrogen) atoms. The zero-order chi connectivity index (χ0) is 18.5. The van der Waals surface area contributed by atoms with Gasteiger partial charge in [0.05, 0.1) is 4.92 Å². The van der Waals surface area contributed by atoms with Crippen molar-refractivity contribution >= 4 is 5.69 Å². The van der Waals surface area contributed by atoms with E-state index in [1.54, 1.807) is 36.4 Å². The van der Waals surface area contributed by atoms with Crippen LogP contribution in [-0.2, 0) is 0 Å². The molecule has 0 spiro atoms. The second kappa shape index (κ2) is 7.60. The molecule has 0 amide bonds. The maximum atomic E-state index is 11.5. The number of nitrogens with zero attached hydrogens (tertiary/aromatic N) is 3. The van der Waals surface area contributed by atoms with Gasteiger partial charge in [-0.15, -0.1) is 0 Å². The molecular formula is C19H17N3O4. The molecule has 0 aliphatic heterocycles. The smallest absolute Gasteiger partial charge is 0.393 e. The normalized spacial score (nSPS) is 10.6. The molecule has 0 N–H and O–H groups in total. The van der Waals surface area contributed by atoms with Gasteiger partial charge >= 0.3 is 17.4 Å². The highest BCUT2D eigenvalue weighted by Crippen LogP contribution is 2.37. The lowest BCUT2D eigenvalue weighted by Gasteiger charge is -2.10. The van der Waals surface area contributed by atoms with Gasteiger partial charge < -0.3 is 9.47 Å². The van der Waals surface area contributed by atoms with Gasteiger partial charge in [-0.1, -0.05) is 44.2 Å². The van der Waals surface area contributed by atoms with Gasteiger partial charge in [0.2, 0.25) is 0 Å². The number of ether oxygens (including phenoxy) is 2. The van der Waals surface area contributed by atoms with Gasteiger partial charge in [0.25, 0.3) is 0 Å². The van der Waals surface area contributed by atoms with Crippen LogP contribution in [0.5, 0.6) is 23.3 Å². The Balaban J connectivity index is 1.91. The summed E-state index contributed by atoms with van der Waals surface area (Å²) in [4.78, 5) is 18.7. The van der Waals surface area contributed by atoms with Crippen molar-refractivity contribution < 1.29 is 14.4 Å². The van der Waals surface area contributed by atoms with Crippen LogP contribution in [-0.4, -0.2) is 14.9 Å². The van der Waals surface area contributed by atoms with Gasteiger partial charge in [0, 0.05) is 0 Å². The molecular weight excluding hydrogens is 334 g/mol. The van der Waals surface area contributed by atoms with Gasteiger partial charge in [0.15, 0.2) is 0 Å². The van der Waals surface area contributed by atoms with Crippen LogP contribution in [0.4, 0.5) is 5.69 Å². The van der Waals surface area contributed by atoms with Crippen LogP contribution in [0.15, 0.2) is 60.9 Å². The van der Waals surface area contributed by atoms with Gasteiger partial charge in [0.1, 0.15) is 17.8 Å². The Labute approximate surface area is 150 Å². The molecule has 1 aromatic heterocycles. The SMILES string of the molecule is CC(C)c1ccc(Oc2ncnc(Oc3ccccc3)c2[N+](=O)[O-])cc1. The molecule has 0 aliphatic rings. The molecule has 0 saturated carbocycles. The van der Waals surface area contributed by atoms with E-state index in [0.717, 1.165) is 5.56 Å². The van der Waals surface area contributed by atoms with E-state index in [9.17, 15) is 10.1 Å². The molecule has 7 nitrogen and oxygen atoms in total. The van der Waals surface area contributed by atoms with Crippen LogP contribution < -0.4 is 9.47 Å². The van der Waals surface area contributed by atoms with E-state index < -0.39 is 10.6 Å². The maximum absolute atomic E-state index is 11.5. The number of para-hydroxylation sites is 1. The molecule has 3 rings (SSSR count). The van der Waals surface area contributed by atoms with Crippen molar-refractivity contribution in [3.05, 3.63) is 76.6 Å². The monoisotopic (exact) mass is 351 g/mol. The molecule has 1 heterocycles. The topological polar surface area (TPSA) is 87.4 Å². The molecule has 0 aliphatic carbocycles. The first-order valence-electron chi connectivity index (χ1n) is 8.04. The largest absolute Gasteiger partial charge is 0.433 e. The van der Waals surface area contributed by atoms with Crippen molar-refractivity contribution in [3.8, 4) is 23.3 Å². The predicted octanol–water partition coefficient (Wildman–Crippen LogP) is 5.09. The molecule has 0 fully saturated rings. The van der Waals surface area contributed by atoms with Crippen LogP contribution in [0.1, 0.15) is 25.3 Å². The van der Waals surface area contributed by atoms with Crippen LogP contribution in [0.2, 0.25) is 0 Å². The Bertz CT molecular complexity index is 896. The van der Waals surface area contributed by atoms with E-state index in [2.05, 4.69) is 23.8 Å². The second-order valence-electron chi connectivity index (χ2n) is 5.83. The lowest BCUT2D eigenvalue weighted by Crippen LogP contribution is -2.01. The third-order valence-electron chi connectivity index (χ3n) is 3.66. The standard InChI is InChI=1S/C19H17N3O4/c1-13(2)14-8-10-16(11-9-14)26-19-17(22(23)24)18(20-12-21-19)25-15-6-4-3-5-7-15/h3-13H,1-2H3. The van der Waals surface area contributed by atoms with Crippen molar-refractivity contribution in [1.29, 1.82) is 0 Å². The molecule has 0 bridgehead atoms. The number of hydrogen-bond donors (Lipinski definition) is 0. The van der Waals surface area contributed by atoms with Gasteiger partial charge in [-0.3, -0.25) is 10.1 Å². The Morgan fingerprint density at radius 3 is 1.92 bits per heavy atom. The molecule has 0 unspecified atom stereocenters. The number of hydrogen-bond acceptors (Lipinski definition) is 6. The molecule has 0 radical (unpaired) electrons. The first-order valence-corrected chi connectivity index (χ1v) is 8.04. The van der Waals surface area contributed by atoms with Crippen molar-refractivity contribution in [2.45, 2.75) is 19.8 Å². The second-order valence-corrected chi connectivity index (χ2v) is 5.83. The average molecular weight is 351 g/mol. The zero-order valence-electron chi connectivity index (χ0n) is 14.3. The summed E-state index contributed by atoms with van der Waals surface area (Å²) in [7, 11) is 0. The maximum Gasteiger partial charge on any atom is 0.393 e. The summed E-state index contributed by atoms with van der Waals surface area (Å²) in [6.45, 7) is 4.16. The molecule has 0 atom stereocenters. The summed E-state index contributed by atoms with van der Waals surface area (Å²) >= 11 is 0. The Morgan fingerprint density at radius 1 is 0.885 bits per heavy atom. The van der Waals surface area contributed by atoms with Gasteiger partial charge in [-0.2, -0.15) is 9.97 Å².